The molecule has 0 amide bonds. The van der Waals surface area contributed by atoms with Crippen LogP contribution in [0.2, 0.25) is 0 Å². The highest BCUT2D eigenvalue weighted by Crippen LogP contribution is 2.32. The second-order valence-corrected chi connectivity index (χ2v) is 4.38. The van der Waals surface area contributed by atoms with E-state index in [0.717, 1.165) is 22.3 Å². The fraction of sp³-hybridized carbons (Fsp3) is 0.214. The Bertz CT molecular complexity index is 592. The Morgan fingerprint density at radius 1 is 1.18 bits per heavy atom. The van der Waals surface area contributed by atoms with Gasteiger partial charge in [0.25, 0.3) is 0 Å². The summed E-state index contributed by atoms with van der Waals surface area (Å²) < 4.78 is 0. The van der Waals surface area contributed by atoms with Crippen LogP contribution in [0, 0.1) is 32.1 Å². The van der Waals surface area contributed by atoms with Gasteiger partial charge in [-0.25, -0.2) is 0 Å². The summed E-state index contributed by atoms with van der Waals surface area (Å²) in [5.41, 5.74) is 11.8. The van der Waals surface area contributed by atoms with Crippen molar-refractivity contribution in [3.05, 3.63) is 40.6 Å². The van der Waals surface area contributed by atoms with Crippen molar-refractivity contribution < 1.29 is 0 Å². The number of rotatable bonds is 1. The quantitative estimate of drug-likeness (QED) is 0.783. The second-order valence-electron chi connectivity index (χ2n) is 4.38. The Hall–Kier alpha value is -2.21. The summed E-state index contributed by atoms with van der Waals surface area (Å²) in [4.78, 5) is 2.91. The van der Waals surface area contributed by atoms with Crippen LogP contribution in [0.4, 0.5) is 5.82 Å². The predicted molar refractivity (Wildman–Crippen MR) is 69.6 cm³/mol. The van der Waals surface area contributed by atoms with E-state index in [1.165, 1.54) is 5.56 Å². The normalized spacial score (nSPS) is 10.2. The number of H-pyrrole nitrogens is 1. The van der Waals surface area contributed by atoms with E-state index in [2.05, 4.69) is 44.0 Å². The van der Waals surface area contributed by atoms with Gasteiger partial charge in [-0.3, -0.25) is 0 Å². The topological polar surface area (TPSA) is 65.6 Å². The van der Waals surface area contributed by atoms with Gasteiger partial charge >= 0.3 is 0 Å². The van der Waals surface area contributed by atoms with Gasteiger partial charge in [0.2, 0.25) is 0 Å². The zero-order valence-electron chi connectivity index (χ0n) is 10.3. The predicted octanol–water partition coefficient (Wildman–Crippen LogP) is 3.06. The first-order valence-electron chi connectivity index (χ1n) is 5.49. The maximum absolute atomic E-state index is 9.14. The molecule has 0 fully saturated rings. The van der Waals surface area contributed by atoms with Crippen LogP contribution >= 0.6 is 0 Å². The summed E-state index contributed by atoms with van der Waals surface area (Å²) in [6.07, 6.45) is 1.80. The highest BCUT2D eigenvalue weighted by Gasteiger charge is 2.14. The molecular weight excluding hydrogens is 210 g/mol. The zero-order chi connectivity index (χ0) is 12.6. The van der Waals surface area contributed by atoms with E-state index in [1.54, 1.807) is 6.20 Å². The van der Waals surface area contributed by atoms with Crippen molar-refractivity contribution in [2.45, 2.75) is 20.8 Å². The van der Waals surface area contributed by atoms with Crippen LogP contribution in [0.3, 0.4) is 0 Å². The number of aryl methyl sites for hydroxylation is 3. The summed E-state index contributed by atoms with van der Waals surface area (Å²) >= 11 is 0. The molecule has 0 saturated carbocycles. The van der Waals surface area contributed by atoms with Crippen molar-refractivity contribution in [3.63, 3.8) is 0 Å². The van der Waals surface area contributed by atoms with E-state index in [-0.39, 0.29) is 0 Å². The molecule has 1 heterocycles. The molecule has 2 aromatic rings. The highest BCUT2D eigenvalue weighted by molar-refractivity contribution is 5.80. The third-order valence-corrected chi connectivity index (χ3v) is 2.97. The minimum atomic E-state index is 0.432. The van der Waals surface area contributed by atoms with E-state index in [9.17, 15) is 0 Å². The average molecular weight is 225 g/mol. The number of hydrogen-bond donors (Lipinski definition) is 2. The molecule has 3 N–H and O–H groups in total. The Labute approximate surface area is 101 Å². The number of anilines is 1. The summed E-state index contributed by atoms with van der Waals surface area (Å²) in [5.74, 6) is 0.432. The third kappa shape index (κ3) is 1.78. The first-order chi connectivity index (χ1) is 8.04. The van der Waals surface area contributed by atoms with Crippen LogP contribution in [0.5, 0.6) is 0 Å². The first kappa shape index (κ1) is 11.3. The first-order valence-corrected chi connectivity index (χ1v) is 5.49. The Balaban J connectivity index is 2.74. The number of nitriles is 1. The summed E-state index contributed by atoms with van der Waals surface area (Å²) in [7, 11) is 0. The van der Waals surface area contributed by atoms with Crippen molar-refractivity contribution >= 4 is 5.82 Å². The molecule has 3 nitrogen and oxygen atoms in total. The SMILES string of the molecule is Cc1cc(C)c(-c2c[nH]c(N)c2C#N)c(C)c1. The molecular formula is C14H15N3. The number of nitrogens with one attached hydrogen (secondary N) is 1. The lowest BCUT2D eigenvalue weighted by atomic mass is 9.93. The molecule has 86 valence electrons. The number of aromatic amines is 1. The Morgan fingerprint density at radius 3 is 2.29 bits per heavy atom. The van der Waals surface area contributed by atoms with Crippen LogP contribution in [-0.2, 0) is 0 Å². The van der Waals surface area contributed by atoms with Crippen molar-refractivity contribution in [2.24, 2.45) is 0 Å². The molecule has 0 radical (unpaired) electrons. The van der Waals surface area contributed by atoms with E-state index in [4.69, 9.17) is 11.0 Å². The van der Waals surface area contributed by atoms with Crippen LogP contribution in [0.25, 0.3) is 11.1 Å². The van der Waals surface area contributed by atoms with Gasteiger partial charge in [0.1, 0.15) is 17.5 Å². The lowest BCUT2D eigenvalue weighted by molar-refractivity contribution is 1.32. The molecule has 0 saturated heterocycles. The highest BCUT2D eigenvalue weighted by atomic mass is 14.8. The number of aromatic nitrogens is 1. The Morgan fingerprint density at radius 2 is 1.76 bits per heavy atom. The van der Waals surface area contributed by atoms with Crippen LogP contribution in [0.1, 0.15) is 22.3 Å². The number of hydrogen-bond acceptors (Lipinski definition) is 2. The average Bonchev–Trinajstić information content (AvgIpc) is 2.58. The van der Waals surface area contributed by atoms with Crippen molar-refractivity contribution in [3.8, 4) is 17.2 Å². The second kappa shape index (κ2) is 3.99. The van der Waals surface area contributed by atoms with Gasteiger partial charge in [0.05, 0.1) is 0 Å². The molecule has 0 aliphatic heterocycles. The van der Waals surface area contributed by atoms with Crippen molar-refractivity contribution in [1.82, 2.24) is 4.98 Å². The molecule has 1 aromatic heterocycles. The van der Waals surface area contributed by atoms with E-state index in [0.29, 0.717) is 11.4 Å². The molecule has 0 aliphatic carbocycles. The van der Waals surface area contributed by atoms with E-state index in [1.807, 2.05) is 0 Å². The Kier molecular flexibility index (Phi) is 2.64. The number of nitrogen functional groups attached to an aromatic ring is 1. The number of benzene rings is 1. The van der Waals surface area contributed by atoms with Crippen LogP contribution < -0.4 is 5.73 Å². The van der Waals surface area contributed by atoms with Gasteiger partial charge in [0, 0.05) is 11.8 Å². The van der Waals surface area contributed by atoms with Crippen molar-refractivity contribution in [1.29, 1.82) is 5.26 Å². The molecule has 17 heavy (non-hydrogen) atoms. The van der Waals surface area contributed by atoms with Gasteiger partial charge < -0.3 is 10.7 Å². The standard InChI is InChI=1S/C14H15N3/c1-8-4-9(2)13(10(3)5-8)12-7-17-14(16)11(12)6-15/h4-5,7,17H,16H2,1-3H3. The van der Waals surface area contributed by atoms with Gasteiger partial charge in [-0.2, -0.15) is 5.26 Å². The van der Waals surface area contributed by atoms with Gasteiger partial charge in [-0.05, 0) is 37.5 Å². The largest absolute Gasteiger partial charge is 0.384 e. The van der Waals surface area contributed by atoms with Gasteiger partial charge in [0.15, 0.2) is 0 Å². The maximum atomic E-state index is 9.14. The minimum absolute atomic E-state index is 0.432. The molecule has 0 aliphatic rings. The van der Waals surface area contributed by atoms with E-state index >= 15 is 0 Å². The van der Waals surface area contributed by atoms with Crippen LogP contribution in [-0.4, -0.2) is 4.98 Å². The van der Waals surface area contributed by atoms with Crippen molar-refractivity contribution in [2.75, 3.05) is 5.73 Å². The fourth-order valence-corrected chi connectivity index (χ4v) is 2.36. The maximum Gasteiger partial charge on any atom is 0.119 e. The smallest absolute Gasteiger partial charge is 0.119 e. The molecule has 2 rings (SSSR count). The van der Waals surface area contributed by atoms with E-state index < -0.39 is 0 Å². The fourth-order valence-electron chi connectivity index (χ4n) is 2.36. The molecule has 1 aromatic carbocycles. The van der Waals surface area contributed by atoms with Gasteiger partial charge in [-0.15, -0.1) is 0 Å². The lowest BCUT2D eigenvalue weighted by Crippen LogP contribution is -1.92. The molecule has 3 heteroatoms. The summed E-state index contributed by atoms with van der Waals surface area (Å²) in [6.45, 7) is 6.18. The molecule has 0 unspecified atom stereocenters. The molecule has 0 bridgehead atoms. The number of nitrogens with two attached hydrogens (primary N) is 1. The number of nitrogens with zero attached hydrogens (tertiary/aromatic N) is 1. The molecule has 0 atom stereocenters. The third-order valence-electron chi connectivity index (χ3n) is 2.97. The summed E-state index contributed by atoms with van der Waals surface area (Å²) in [6, 6.07) is 6.39. The summed E-state index contributed by atoms with van der Waals surface area (Å²) in [5, 5.41) is 9.14. The molecule has 0 spiro atoms. The van der Waals surface area contributed by atoms with Gasteiger partial charge in [-0.1, -0.05) is 17.7 Å². The zero-order valence-corrected chi connectivity index (χ0v) is 10.3. The minimum Gasteiger partial charge on any atom is -0.384 e. The monoisotopic (exact) mass is 225 g/mol. The lowest BCUT2D eigenvalue weighted by Gasteiger charge is -2.10. The van der Waals surface area contributed by atoms with Crippen LogP contribution in [0.15, 0.2) is 18.3 Å².